The second-order valence-electron chi connectivity index (χ2n) is 23.6. The van der Waals surface area contributed by atoms with Crippen LogP contribution in [0, 0.1) is 0 Å². The van der Waals surface area contributed by atoms with Crippen molar-refractivity contribution in [1.29, 1.82) is 0 Å². The number of amides is 1. The number of esters is 1. The Morgan fingerprint density at radius 1 is 0.443 bits per heavy atom. The first kappa shape index (κ1) is 76.5. The second-order valence-corrected chi connectivity index (χ2v) is 25.0. The van der Waals surface area contributed by atoms with Gasteiger partial charge in [0.25, 0.3) is 7.82 Å². The highest BCUT2D eigenvalue weighted by molar-refractivity contribution is 7.45. The average Bonchev–Trinajstić information content (AvgIpc) is 3.41. The van der Waals surface area contributed by atoms with E-state index in [2.05, 4.69) is 86.8 Å². The van der Waals surface area contributed by atoms with Gasteiger partial charge in [-0.1, -0.05) is 261 Å². The molecule has 0 heterocycles. The van der Waals surface area contributed by atoms with E-state index in [1.165, 1.54) is 167 Å². The fourth-order valence-electron chi connectivity index (χ4n) is 9.44. The summed E-state index contributed by atoms with van der Waals surface area (Å²) in [7, 11) is 1.17. The lowest BCUT2D eigenvalue weighted by Crippen LogP contribution is -2.47. The number of nitrogens with zero attached hydrogens (tertiary/aromatic N) is 1. The van der Waals surface area contributed by atoms with Crippen molar-refractivity contribution in [3.05, 3.63) is 72.9 Å². The molecule has 0 aromatic rings. The van der Waals surface area contributed by atoms with Gasteiger partial charge in [0, 0.05) is 12.8 Å². The lowest BCUT2D eigenvalue weighted by molar-refractivity contribution is -0.870. The molecule has 3 atom stereocenters. The van der Waals surface area contributed by atoms with Crippen LogP contribution in [0.5, 0.6) is 0 Å². The summed E-state index contributed by atoms with van der Waals surface area (Å²) in [4.78, 5) is 40.1. The highest BCUT2D eigenvalue weighted by atomic mass is 31.2. The van der Waals surface area contributed by atoms with Crippen LogP contribution in [0.25, 0.3) is 0 Å². The van der Waals surface area contributed by atoms with Gasteiger partial charge in [-0.05, 0) is 102 Å². The molecule has 0 aliphatic heterocycles. The topological polar surface area (TPSA) is 114 Å². The number of unbranched alkanes of at least 4 members (excludes halogenated alkanes) is 34. The van der Waals surface area contributed by atoms with Crippen LogP contribution < -0.4 is 10.2 Å². The molecule has 0 aromatic carbocycles. The molecule has 0 spiro atoms. The van der Waals surface area contributed by atoms with Gasteiger partial charge in [0.15, 0.2) is 0 Å². The van der Waals surface area contributed by atoms with E-state index < -0.39 is 26.6 Å². The molecule has 0 aliphatic carbocycles. The van der Waals surface area contributed by atoms with Crippen molar-refractivity contribution in [2.24, 2.45) is 0 Å². The third-order valence-electron chi connectivity index (χ3n) is 14.6. The van der Waals surface area contributed by atoms with Gasteiger partial charge < -0.3 is 28.5 Å². The molecule has 3 unspecified atom stereocenters. The van der Waals surface area contributed by atoms with Gasteiger partial charge in [-0.25, -0.2) is 0 Å². The molecule has 0 fully saturated rings. The number of rotatable bonds is 60. The van der Waals surface area contributed by atoms with Crippen LogP contribution in [0.15, 0.2) is 72.9 Å². The van der Waals surface area contributed by atoms with Gasteiger partial charge in [-0.2, -0.15) is 0 Å². The summed E-state index contributed by atoms with van der Waals surface area (Å²) in [6.07, 6.45) is 75.7. The molecule has 0 bridgehead atoms. The van der Waals surface area contributed by atoms with E-state index in [9.17, 15) is 19.0 Å². The van der Waals surface area contributed by atoms with Crippen molar-refractivity contribution in [3.63, 3.8) is 0 Å². The molecule has 0 aliphatic rings. The molecule has 460 valence electrons. The normalized spacial score (nSPS) is 14.1. The Kier molecular flexibility index (Phi) is 56.7. The maximum absolute atomic E-state index is 13.6. The number of likely N-dealkylation sites (N-methyl/N-ethyl adjacent to an activating group) is 1. The molecule has 0 radical (unpaired) electrons. The fourth-order valence-corrected chi connectivity index (χ4v) is 10.2. The van der Waals surface area contributed by atoms with E-state index in [1.807, 2.05) is 33.3 Å². The molecule has 0 saturated carbocycles. The minimum Gasteiger partial charge on any atom is -0.756 e. The Morgan fingerprint density at radius 2 is 0.772 bits per heavy atom. The summed E-state index contributed by atoms with van der Waals surface area (Å²) in [5.41, 5.74) is 0. The van der Waals surface area contributed by atoms with Crippen molar-refractivity contribution in [1.82, 2.24) is 5.32 Å². The number of allylic oxidation sites excluding steroid dienone is 11. The predicted octanol–water partition coefficient (Wildman–Crippen LogP) is 20.2. The Hall–Kier alpha value is -2.55. The largest absolute Gasteiger partial charge is 0.756 e. The predicted molar refractivity (Wildman–Crippen MR) is 339 cm³/mol. The van der Waals surface area contributed by atoms with Gasteiger partial charge in [-0.15, -0.1) is 0 Å². The van der Waals surface area contributed by atoms with Crippen LogP contribution in [-0.4, -0.2) is 69.4 Å². The lowest BCUT2D eigenvalue weighted by atomic mass is 10.0. The van der Waals surface area contributed by atoms with Gasteiger partial charge in [0.05, 0.1) is 33.8 Å². The molecule has 0 aromatic heterocycles. The maximum Gasteiger partial charge on any atom is 0.306 e. The first-order valence-corrected chi connectivity index (χ1v) is 34.7. The molecule has 1 amide bonds. The number of ether oxygens (including phenoxy) is 1. The van der Waals surface area contributed by atoms with Crippen LogP contribution in [-0.2, 0) is 27.9 Å². The quantitative estimate of drug-likeness (QED) is 0.0212. The number of phosphoric ester groups is 1. The number of quaternary nitrogens is 1. The first-order chi connectivity index (χ1) is 38.4. The second kappa shape index (κ2) is 58.6. The first-order valence-electron chi connectivity index (χ1n) is 33.2. The maximum atomic E-state index is 13.6. The number of hydrogen-bond donors (Lipinski definition) is 1. The van der Waals surface area contributed by atoms with E-state index in [4.69, 9.17) is 13.8 Å². The molecular formula is C69H127N2O7P. The molecule has 9 nitrogen and oxygen atoms in total. The van der Waals surface area contributed by atoms with Crippen molar-refractivity contribution in [2.45, 2.75) is 315 Å². The third-order valence-corrected chi connectivity index (χ3v) is 15.6. The Balaban J connectivity index is 5.23. The van der Waals surface area contributed by atoms with Crippen molar-refractivity contribution >= 4 is 19.7 Å². The summed E-state index contributed by atoms with van der Waals surface area (Å²) in [5, 5.41) is 3.03. The van der Waals surface area contributed by atoms with E-state index >= 15 is 0 Å². The minimum atomic E-state index is -4.71. The number of phosphoric acid groups is 1. The number of nitrogens with one attached hydrogen (secondary N) is 1. The highest BCUT2D eigenvalue weighted by Crippen LogP contribution is 2.38. The summed E-state index contributed by atoms with van der Waals surface area (Å²) in [6.45, 7) is 6.80. The highest BCUT2D eigenvalue weighted by Gasteiger charge is 2.27. The van der Waals surface area contributed by atoms with Crippen molar-refractivity contribution in [2.75, 3.05) is 40.9 Å². The molecule has 79 heavy (non-hydrogen) atoms. The minimum absolute atomic E-state index is 0.0271. The number of carbonyl (C=O) groups is 2. The van der Waals surface area contributed by atoms with Gasteiger partial charge >= 0.3 is 5.97 Å². The summed E-state index contributed by atoms with van der Waals surface area (Å²) < 4.78 is 30.4. The monoisotopic (exact) mass is 1130 g/mol. The van der Waals surface area contributed by atoms with Crippen LogP contribution >= 0.6 is 7.82 Å². The van der Waals surface area contributed by atoms with Gasteiger partial charge in [0.2, 0.25) is 5.91 Å². The van der Waals surface area contributed by atoms with E-state index in [0.717, 1.165) is 103 Å². The smallest absolute Gasteiger partial charge is 0.306 e. The zero-order chi connectivity index (χ0) is 57.9. The molecule has 0 rings (SSSR count). The van der Waals surface area contributed by atoms with Crippen LogP contribution in [0.4, 0.5) is 0 Å². The Morgan fingerprint density at radius 3 is 1.18 bits per heavy atom. The van der Waals surface area contributed by atoms with Crippen LogP contribution in [0.1, 0.15) is 303 Å². The Labute approximate surface area is 489 Å². The van der Waals surface area contributed by atoms with E-state index in [0.29, 0.717) is 17.4 Å². The number of carbonyl (C=O) groups excluding carboxylic acids is 2. The fraction of sp³-hybridized carbons (Fsp3) is 0.797. The SMILES string of the molecule is CCCCC/C=C\C/C=C\C/C=C\CCCCCCCCC(=O)NC(COP(=O)([O-])OCC[N+](C)(C)C)C(/C=C/CCCCCCCCCCCCC)OC(=O)CCCCCCCCCCCCC/C=C\C/C=C\CCCCC. The molecular weight excluding hydrogens is 1000 g/mol. The zero-order valence-corrected chi connectivity index (χ0v) is 53.5. The van der Waals surface area contributed by atoms with Crippen LogP contribution in [0.2, 0.25) is 0 Å². The Bertz CT molecular complexity index is 1580. The summed E-state index contributed by atoms with van der Waals surface area (Å²) in [5.74, 6) is -0.552. The van der Waals surface area contributed by atoms with Gasteiger partial charge in [-0.3, -0.25) is 14.2 Å². The van der Waals surface area contributed by atoms with Gasteiger partial charge in [0.1, 0.15) is 19.3 Å². The van der Waals surface area contributed by atoms with Crippen LogP contribution in [0.3, 0.4) is 0 Å². The standard InChI is InChI=1S/C69H127N2O7P/c1-7-10-13-16-19-22-25-28-30-32-34-35-37-39-41-44-47-50-53-56-59-62-69(73)78-67(60-57-54-51-48-45-42-27-24-21-18-15-12-9-3)66(65-77-79(74,75)76-64-63-71(4,5)6)70-68(72)61-58-55-52-49-46-43-40-38-36-33-31-29-26-23-20-17-14-11-8-2/h19-20,22-23,28-31,36,38,57,60,66-67H,7-18,21,24-27,32-35,37,39-56,58-59,61-65H2,1-6H3,(H-,70,72,74,75)/b22-19-,23-20-,30-28-,31-29-,38-36-,60-57+. The third kappa shape index (κ3) is 59.9. The van der Waals surface area contributed by atoms with E-state index in [1.54, 1.807) is 0 Å². The summed E-state index contributed by atoms with van der Waals surface area (Å²) >= 11 is 0. The number of hydrogen-bond acceptors (Lipinski definition) is 7. The van der Waals surface area contributed by atoms with Crippen molar-refractivity contribution < 1.29 is 37.3 Å². The molecule has 10 heteroatoms. The average molecular weight is 1130 g/mol. The summed E-state index contributed by atoms with van der Waals surface area (Å²) in [6, 6.07) is -0.899. The zero-order valence-electron chi connectivity index (χ0n) is 52.6. The lowest BCUT2D eigenvalue weighted by Gasteiger charge is -2.30. The molecule has 0 saturated heterocycles. The molecule has 1 N–H and O–H groups in total. The van der Waals surface area contributed by atoms with Crippen molar-refractivity contribution in [3.8, 4) is 0 Å². The van der Waals surface area contributed by atoms with E-state index in [-0.39, 0.29) is 24.9 Å².